The predicted octanol–water partition coefficient (Wildman–Crippen LogP) is 2.33. The standard InChI is InChI=1S/C14H18O3/c1-3-17-13-6-4-5-12(7-13)14(8-11(2)15)9-16-10-14/h4-7H,3,8-10H2,1-2H3. The van der Waals surface area contributed by atoms with Crippen molar-refractivity contribution in [3.8, 4) is 5.75 Å². The molecule has 1 saturated heterocycles. The summed E-state index contributed by atoms with van der Waals surface area (Å²) in [5, 5.41) is 0. The maximum atomic E-state index is 11.3. The lowest BCUT2D eigenvalue weighted by molar-refractivity contribution is -0.125. The van der Waals surface area contributed by atoms with E-state index in [1.165, 1.54) is 0 Å². The van der Waals surface area contributed by atoms with Gasteiger partial charge >= 0.3 is 0 Å². The van der Waals surface area contributed by atoms with Gasteiger partial charge in [-0.15, -0.1) is 0 Å². The normalized spacial score (nSPS) is 17.3. The van der Waals surface area contributed by atoms with Crippen LogP contribution in [0, 0.1) is 0 Å². The van der Waals surface area contributed by atoms with Crippen LogP contribution >= 0.6 is 0 Å². The minimum Gasteiger partial charge on any atom is -0.494 e. The molecule has 0 aromatic heterocycles. The van der Waals surface area contributed by atoms with Gasteiger partial charge in [0.05, 0.1) is 19.8 Å². The van der Waals surface area contributed by atoms with Crippen LogP contribution in [-0.2, 0) is 14.9 Å². The minimum atomic E-state index is -0.126. The van der Waals surface area contributed by atoms with Gasteiger partial charge in [-0.2, -0.15) is 0 Å². The number of hydrogen-bond donors (Lipinski definition) is 0. The first-order valence-electron chi connectivity index (χ1n) is 5.97. The lowest BCUT2D eigenvalue weighted by Gasteiger charge is -2.41. The molecule has 92 valence electrons. The second-order valence-electron chi connectivity index (χ2n) is 4.61. The van der Waals surface area contributed by atoms with E-state index >= 15 is 0 Å². The van der Waals surface area contributed by atoms with Gasteiger partial charge < -0.3 is 9.47 Å². The summed E-state index contributed by atoms with van der Waals surface area (Å²) in [6.07, 6.45) is 0.544. The Labute approximate surface area is 102 Å². The summed E-state index contributed by atoms with van der Waals surface area (Å²) in [5.41, 5.74) is 1.02. The van der Waals surface area contributed by atoms with E-state index in [-0.39, 0.29) is 11.2 Å². The van der Waals surface area contributed by atoms with Crippen molar-refractivity contribution in [3.63, 3.8) is 0 Å². The molecule has 1 heterocycles. The first-order chi connectivity index (χ1) is 8.16. The average molecular weight is 234 g/mol. The van der Waals surface area contributed by atoms with Crippen molar-refractivity contribution < 1.29 is 14.3 Å². The molecule has 1 aliphatic rings. The Kier molecular flexibility index (Phi) is 3.48. The third-order valence-electron chi connectivity index (χ3n) is 3.10. The van der Waals surface area contributed by atoms with Crippen molar-refractivity contribution in [3.05, 3.63) is 29.8 Å². The van der Waals surface area contributed by atoms with E-state index in [4.69, 9.17) is 9.47 Å². The lowest BCUT2D eigenvalue weighted by Crippen LogP contribution is -2.47. The van der Waals surface area contributed by atoms with Gasteiger partial charge in [0.15, 0.2) is 0 Å². The molecule has 1 aromatic rings. The van der Waals surface area contributed by atoms with Gasteiger partial charge in [-0.3, -0.25) is 4.79 Å². The Hall–Kier alpha value is -1.35. The first-order valence-corrected chi connectivity index (χ1v) is 5.97. The van der Waals surface area contributed by atoms with Gasteiger partial charge in [0.1, 0.15) is 11.5 Å². The molecule has 0 aliphatic carbocycles. The molecule has 0 unspecified atom stereocenters. The van der Waals surface area contributed by atoms with Gasteiger partial charge in [-0.1, -0.05) is 12.1 Å². The van der Waals surface area contributed by atoms with Crippen molar-refractivity contribution in [2.75, 3.05) is 19.8 Å². The van der Waals surface area contributed by atoms with E-state index < -0.39 is 0 Å². The molecule has 0 amide bonds. The molecule has 0 bridgehead atoms. The Bertz CT molecular complexity index is 408. The number of rotatable bonds is 5. The number of benzene rings is 1. The van der Waals surface area contributed by atoms with Gasteiger partial charge in [0.25, 0.3) is 0 Å². The quantitative estimate of drug-likeness (QED) is 0.784. The van der Waals surface area contributed by atoms with E-state index in [0.29, 0.717) is 26.2 Å². The smallest absolute Gasteiger partial charge is 0.130 e. The van der Waals surface area contributed by atoms with Gasteiger partial charge in [-0.05, 0) is 31.5 Å². The fourth-order valence-corrected chi connectivity index (χ4v) is 2.28. The van der Waals surface area contributed by atoms with Crippen LogP contribution < -0.4 is 4.74 Å². The van der Waals surface area contributed by atoms with Gasteiger partial charge in [0.2, 0.25) is 0 Å². The molecular formula is C14H18O3. The van der Waals surface area contributed by atoms with E-state index in [1.54, 1.807) is 6.92 Å². The Balaban J connectivity index is 2.24. The van der Waals surface area contributed by atoms with Crippen LogP contribution in [0.25, 0.3) is 0 Å². The maximum absolute atomic E-state index is 11.3. The van der Waals surface area contributed by atoms with E-state index in [2.05, 4.69) is 0 Å². The highest BCUT2D eigenvalue weighted by molar-refractivity contribution is 5.77. The monoisotopic (exact) mass is 234 g/mol. The molecule has 0 saturated carbocycles. The molecule has 0 spiro atoms. The Morgan fingerprint density at radius 2 is 2.24 bits per heavy atom. The second kappa shape index (κ2) is 4.88. The Morgan fingerprint density at radius 1 is 1.47 bits per heavy atom. The molecule has 3 nitrogen and oxygen atoms in total. The molecule has 1 fully saturated rings. The predicted molar refractivity (Wildman–Crippen MR) is 65.4 cm³/mol. The topological polar surface area (TPSA) is 35.5 Å². The number of carbonyl (C=O) groups is 1. The zero-order valence-electron chi connectivity index (χ0n) is 10.4. The Morgan fingerprint density at radius 3 is 2.76 bits per heavy atom. The van der Waals surface area contributed by atoms with Crippen LogP contribution in [-0.4, -0.2) is 25.6 Å². The number of ketones is 1. The fourth-order valence-electron chi connectivity index (χ4n) is 2.28. The highest BCUT2D eigenvalue weighted by atomic mass is 16.5. The largest absolute Gasteiger partial charge is 0.494 e. The van der Waals surface area contributed by atoms with Crippen LogP contribution in [0.2, 0.25) is 0 Å². The van der Waals surface area contributed by atoms with Crippen molar-refractivity contribution in [2.24, 2.45) is 0 Å². The van der Waals surface area contributed by atoms with E-state index in [9.17, 15) is 4.79 Å². The van der Waals surface area contributed by atoms with Crippen LogP contribution in [0.5, 0.6) is 5.75 Å². The molecule has 1 aromatic carbocycles. The first kappa shape index (κ1) is 12.1. The summed E-state index contributed by atoms with van der Waals surface area (Å²) in [6.45, 7) is 5.50. The number of ether oxygens (including phenoxy) is 2. The summed E-state index contributed by atoms with van der Waals surface area (Å²) in [6, 6.07) is 7.98. The van der Waals surface area contributed by atoms with Gasteiger partial charge in [0, 0.05) is 11.8 Å². The van der Waals surface area contributed by atoms with Crippen molar-refractivity contribution >= 4 is 5.78 Å². The highest BCUT2D eigenvalue weighted by Crippen LogP contribution is 2.37. The third kappa shape index (κ3) is 2.50. The minimum absolute atomic E-state index is 0.126. The number of carbonyl (C=O) groups excluding carboxylic acids is 1. The summed E-state index contributed by atoms with van der Waals surface area (Å²) in [4.78, 5) is 11.3. The fraction of sp³-hybridized carbons (Fsp3) is 0.500. The third-order valence-corrected chi connectivity index (χ3v) is 3.10. The van der Waals surface area contributed by atoms with Crippen molar-refractivity contribution in [1.82, 2.24) is 0 Å². The van der Waals surface area contributed by atoms with Crippen LogP contribution in [0.3, 0.4) is 0 Å². The van der Waals surface area contributed by atoms with Crippen molar-refractivity contribution in [1.29, 1.82) is 0 Å². The van der Waals surface area contributed by atoms with Crippen LogP contribution in [0.15, 0.2) is 24.3 Å². The number of hydrogen-bond acceptors (Lipinski definition) is 3. The molecule has 0 radical (unpaired) electrons. The highest BCUT2D eigenvalue weighted by Gasteiger charge is 2.41. The lowest BCUT2D eigenvalue weighted by atomic mass is 9.75. The number of Topliss-reactive ketones (excluding diaryl/α,β-unsaturated/α-hetero) is 1. The van der Waals surface area contributed by atoms with Crippen molar-refractivity contribution in [2.45, 2.75) is 25.7 Å². The molecular weight excluding hydrogens is 216 g/mol. The molecule has 1 aliphatic heterocycles. The second-order valence-corrected chi connectivity index (χ2v) is 4.61. The van der Waals surface area contributed by atoms with Gasteiger partial charge in [-0.25, -0.2) is 0 Å². The zero-order valence-corrected chi connectivity index (χ0v) is 10.4. The molecule has 17 heavy (non-hydrogen) atoms. The summed E-state index contributed by atoms with van der Waals surface area (Å²) in [5.74, 6) is 1.06. The molecule has 0 atom stereocenters. The molecule has 2 rings (SSSR count). The van der Waals surface area contributed by atoms with E-state index in [1.807, 2.05) is 31.2 Å². The SMILES string of the molecule is CCOc1cccc(C2(CC(C)=O)COC2)c1. The maximum Gasteiger partial charge on any atom is 0.130 e. The summed E-state index contributed by atoms with van der Waals surface area (Å²) >= 11 is 0. The molecule has 0 N–H and O–H groups in total. The summed E-state index contributed by atoms with van der Waals surface area (Å²) in [7, 11) is 0. The van der Waals surface area contributed by atoms with Crippen LogP contribution in [0.1, 0.15) is 25.8 Å². The van der Waals surface area contributed by atoms with Crippen LogP contribution in [0.4, 0.5) is 0 Å². The summed E-state index contributed by atoms with van der Waals surface area (Å²) < 4.78 is 10.8. The zero-order chi connectivity index (χ0) is 12.3. The molecule has 3 heteroatoms. The average Bonchev–Trinajstić information content (AvgIpc) is 2.24. The van der Waals surface area contributed by atoms with E-state index in [0.717, 1.165) is 11.3 Å².